The highest BCUT2D eigenvalue weighted by Crippen LogP contribution is 2.18. The summed E-state index contributed by atoms with van der Waals surface area (Å²) in [6, 6.07) is 13.1. The zero-order chi connectivity index (χ0) is 15.4. The fraction of sp³-hybridized carbons (Fsp3) is 0.176. The third-order valence-corrected chi connectivity index (χ3v) is 3.11. The summed E-state index contributed by atoms with van der Waals surface area (Å²) in [5.41, 5.74) is 1.57. The number of benzene rings is 2. The van der Waals surface area contributed by atoms with Gasteiger partial charge in [-0.1, -0.05) is 42.0 Å². The Morgan fingerprint density at radius 1 is 1.05 bits per heavy atom. The van der Waals surface area contributed by atoms with Crippen LogP contribution in [0.4, 0.5) is 0 Å². The largest absolute Gasteiger partial charge is 0.507 e. The molecule has 0 saturated carbocycles. The molecule has 4 nitrogen and oxygen atoms in total. The summed E-state index contributed by atoms with van der Waals surface area (Å²) in [6.45, 7) is 3.44. The molecule has 2 aromatic rings. The molecule has 2 aromatic carbocycles. The lowest BCUT2D eigenvalue weighted by molar-refractivity contribution is 0.0316. The van der Waals surface area contributed by atoms with Crippen LogP contribution < -0.4 is 0 Å². The van der Waals surface area contributed by atoms with E-state index in [1.807, 2.05) is 19.1 Å². The molecule has 0 aromatic heterocycles. The third kappa shape index (κ3) is 3.48. The summed E-state index contributed by atoms with van der Waals surface area (Å²) in [6.07, 6.45) is -0.917. The molecule has 0 heterocycles. The second-order valence-corrected chi connectivity index (χ2v) is 4.79. The zero-order valence-corrected chi connectivity index (χ0v) is 11.9. The number of Topliss-reactive ketones (excluding diaryl/α,β-unsaturated/α-hetero) is 1. The smallest absolute Gasteiger partial charge is 0.342 e. The molecule has 0 amide bonds. The first-order valence-electron chi connectivity index (χ1n) is 6.59. The molecule has 1 atom stereocenters. The summed E-state index contributed by atoms with van der Waals surface area (Å²) >= 11 is 0. The van der Waals surface area contributed by atoms with E-state index < -0.39 is 12.1 Å². The Morgan fingerprint density at radius 2 is 1.67 bits per heavy atom. The first-order chi connectivity index (χ1) is 9.99. The van der Waals surface area contributed by atoms with Gasteiger partial charge in [0.15, 0.2) is 6.10 Å². The van der Waals surface area contributed by atoms with Crippen LogP contribution in [0.3, 0.4) is 0 Å². The van der Waals surface area contributed by atoms with E-state index in [0.29, 0.717) is 5.56 Å². The number of carbonyl (C=O) groups excluding carboxylic acids is 2. The van der Waals surface area contributed by atoms with Gasteiger partial charge in [0.25, 0.3) is 0 Å². The summed E-state index contributed by atoms with van der Waals surface area (Å²) < 4.78 is 5.12. The van der Waals surface area contributed by atoms with Crippen LogP contribution in [-0.4, -0.2) is 23.0 Å². The lowest BCUT2D eigenvalue weighted by Gasteiger charge is -2.13. The van der Waals surface area contributed by atoms with E-state index in [1.165, 1.54) is 19.1 Å². The number of rotatable bonds is 4. The van der Waals surface area contributed by atoms with Crippen molar-refractivity contribution in [3.05, 3.63) is 65.2 Å². The van der Waals surface area contributed by atoms with E-state index in [4.69, 9.17) is 4.74 Å². The number of carbonyl (C=O) groups is 2. The highest BCUT2D eigenvalue weighted by Gasteiger charge is 2.21. The Bertz CT molecular complexity index is 659. The van der Waals surface area contributed by atoms with E-state index in [2.05, 4.69) is 0 Å². The van der Waals surface area contributed by atoms with E-state index in [9.17, 15) is 14.7 Å². The summed E-state index contributed by atoms with van der Waals surface area (Å²) in [5.74, 6) is -1.17. The number of hydrogen-bond acceptors (Lipinski definition) is 4. The molecular formula is C17H16O4. The number of aryl methyl sites for hydroxylation is 1. The molecular weight excluding hydrogens is 268 g/mol. The number of hydrogen-bond donors (Lipinski definition) is 1. The molecule has 2 rings (SSSR count). The van der Waals surface area contributed by atoms with Gasteiger partial charge < -0.3 is 9.84 Å². The second kappa shape index (κ2) is 6.22. The molecule has 0 radical (unpaired) electrons. The first kappa shape index (κ1) is 14.8. The van der Waals surface area contributed by atoms with Crippen LogP contribution in [0.2, 0.25) is 0 Å². The molecule has 0 aliphatic rings. The van der Waals surface area contributed by atoms with Crippen LogP contribution in [-0.2, 0) is 4.74 Å². The van der Waals surface area contributed by atoms with Crippen molar-refractivity contribution < 1.29 is 19.4 Å². The number of phenolic OH excluding ortho intramolecular Hbond substituents is 1. The molecule has 0 spiro atoms. The minimum absolute atomic E-state index is 0.0426. The number of ketones is 1. The van der Waals surface area contributed by atoms with Crippen molar-refractivity contribution in [3.63, 3.8) is 0 Å². The second-order valence-electron chi connectivity index (χ2n) is 4.79. The average Bonchev–Trinajstić information content (AvgIpc) is 2.47. The number of ether oxygens (including phenoxy) is 1. The molecule has 0 fully saturated rings. The van der Waals surface area contributed by atoms with Crippen molar-refractivity contribution in [2.24, 2.45) is 0 Å². The standard InChI is InChI=1S/C17H16O4/c1-11-7-9-13(10-8-11)16(19)12(2)21-17(20)14-5-3-4-6-15(14)18/h3-10,12,18H,1-2H3. The first-order valence-corrected chi connectivity index (χ1v) is 6.59. The van der Waals surface area contributed by atoms with Gasteiger partial charge in [-0.3, -0.25) is 4.79 Å². The van der Waals surface area contributed by atoms with Crippen LogP contribution in [0.5, 0.6) is 5.75 Å². The maximum Gasteiger partial charge on any atom is 0.342 e. The molecule has 4 heteroatoms. The predicted octanol–water partition coefficient (Wildman–Crippen LogP) is 3.13. The predicted molar refractivity (Wildman–Crippen MR) is 78.5 cm³/mol. The van der Waals surface area contributed by atoms with E-state index in [-0.39, 0.29) is 17.1 Å². The molecule has 0 aliphatic carbocycles. The molecule has 0 saturated heterocycles. The van der Waals surface area contributed by atoms with Crippen molar-refractivity contribution >= 4 is 11.8 Å². The Balaban J connectivity index is 2.09. The van der Waals surface area contributed by atoms with Crippen molar-refractivity contribution in [1.29, 1.82) is 0 Å². The van der Waals surface area contributed by atoms with E-state index >= 15 is 0 Å². The Morgan fingerprint density at radius 3 is 2.29 bits per heavy atom. The van der Waals surface area contributed by atoms with Crippen LogP contribution in [0.25, 0.3) is 0 Å². The fourth-order valence-electron chi connectivity index (χ4n) is 1.88. The molecule has 0 bridgehead atoms. The monoisotopic (exact) mass is 284 g/mol. The SMILES string of the molecule is Cc1ccc(C(=O)C(C)OC(=O)c2ccccc2O)cc1. The van der Waals surface area contributed by atoms with Crippen molar-refractivity contribution in [3.8, 4) is 5.75 Å². The minimum Gasteiger partial charge on any atom is -0.507 e. The van der Waals surface area contributed by atoms with Gasteiger partial charge in [0.1, 0.15) is 11.3 Å². The molecule has 1 N–H and O–H groups in total. The molecule has 21 heavy (non-hydrogen) atoms. The number of aromatic hydroxyl groups is 1. The van der Waals surface area contributed by atoms with Crippen molar-refractivity contribution in [1.82, 2.24) is 0 Å². The normalized spacial score (nSPS) is 11.7. The topological polar surface area (TPSA) is 63.6 Å². The van der Waals surface area contributed by atoms with Gasteiger partial charge in [-0.25, -0.2) is 4.79 Å². The highest BCUT2D eigenvalue weighted by atomic mass is 16.5. The van der Waals surface area contributed by atoms with Gasteiger partial charge in [0.05, 0.1) is 0 Å². The lowest BCUT2D eigenvalue weighted by atomic mass is 10.1. The molecule has 108 valence electrons. The number of phenols is 1. The van der Waals surface area contributed by atoms with E-state index in [0.717, 1.165) is 5.56 Å². The maximum atomic E-state index is 12.2. The number of esters is 1. The Kier molecular flexibility index (Phi) is 4.38. The van der Waals surface area contributed by atoms with Crippen LogP contribution in [0.1, 0.15) is 33.2 Å². The highest BCUT2D eigenvalue weighted by molar-refractivity contribution is 6.01. The van der Waals surface area contributed by atoms with Crippen LogP contribution >= 0.6 is 0 Å². The van der Waals surface area contributed by atoms with Gasteiger partial charge in [0, 0.05) is 5.56 Å². The minimum atomic E-state index is -0.917. The van der Waals surface area contributed by atoms with Crippen molar-refractivity contribution in [2.45, 2.75) is 20.0 Å². The van der Waals surface area contributed by atoms with Crippen molar-refractivity contribution in [2.75, 3.05) is 0 Å². The quantitative estimate of drug-likeness (QED) is 0.692. The summed E-state index contributed by atoms with van der Waals surface area (Å²) in [5, 5.41) is 9.59. The summed E-state index contributed by atoms with van der Waals surface area (Å²) in [4.78, 5) is 24.1. The number of para-hydroxylation sites is 1. The van der Waals surface area contributed by atoms with Crippen LogP contribution in [0.15, 0.2) is 48.5 Å². The van der Waals surface area contributed by atoms with Gasteiger partial charge in [0.2, 0.25) is 5.78 Å². The lowest BCUT2D eigenvalue weighted by Crippen LogP contribution is -2.24. The van der Waals surface area contributed by atoms with Crippen LogP contribution in [0, 0.1) is 6.92 Å². The molecule has 1 unspecified atom stereocenters. The zero-order valence-electron chi connectivity index (χ0n) is 11.9. The van der Waals surface area contributed by atoms with Gasteiger partial charge in [-0.05, 0) is 26.0 Å². The van der Waals surface area contributed by atoms with Gasteiger partial charge >= 0.3 is 5.97 Å². The maximum absolute atomic E-state index is 12.2. The van der Waals surface area contributed by atoms with Gasteiger partial charge in [-0.2, -0.15) is 0 Å². The molecule has 0 aliphatic heterocycles. The fourth-order valence-corrected chi connectivity index (χ4v) is 1.88. The third-order valence-electron chi connectivity index (χ3n) is 3.11. The Hall–Kier alpha value is -2.62. The van der Waals surface area contributed by atoms with E-state index in [1.54, 1.807) is 24.3 Å². The Labute approximate surface area is 123 Å². The average molecular weight is 284 g/mol. The summed E-state index contributed by atoms with van der Waals surface area (Å²) in [7, 11) is 0. The van der Waals surface area contributed by atoms with Gasteiger partial charge in [-0.15, -0.1) is 0 Å².